The van der Waals surface area contributed by atoms with Crippen LogP contribution in [0.4, 0.5) is 4.79 Å². The quantitative estimate of drug-likeness (QED) is 0.336. The zero-order chi connectivity index (χ0) is 29.2. The van der Waals surface area contributed by atoms with Gasteiger partial charge in [-0.2, -0.15) is 0 Å². The smallest absolute Gasteiger partial charge is 0.408 e. The van der Waals surface area contributed by atoms with Crippen LogP contribution in [0.3, 0.4) is 0 Å². The lowest BCUT2D eigenvalue weighted by atomic mass is 9.91. The molecule has 7 heteroatoms. The van der Waals surface area contributed by atoms with Crippen molar-refractivity contribution in [1.29, 1.82) is 0 Å². The monoisotopic (exact) mass is 537 g/mol. The van der Waals surface area contributed by atoms with Gasteiger partial charge in [0, 0.05) is 13.1 Å². The summed E-state index contributed by atoms with van der Waals surface area (Å²) in [6.07, 6.45) is 1.59. The highest BCUT2D eigenvalue weighted by Crippen LogP contribution is 2.30. The van der Waals surface area contributed by atoms with Gasteiger partial charge in [0.05, 0.1) is 0 Å². The number of carbonyl (C=O) groups excluding carboxylic acids is 3. The minimum Gasteiger partial charge on any atom is -0.444 e. The molecule has 0 bridgehead atoms. The number of aryl methyl sites for hydroxylation is 2. The van der Waals surface area contributed by atoms with Crippen LogP contribution in [0.2, 0.25) is 0 Å². The summed E-state index contributed by atoms with van der Waals surface area (Å²) in [6.45, 7) is 16.0. The van der Waals surface area contributed by atoms with Crippen LogP contribution >= 0.6 is 0 Å². The first-order valence-corrected chi connectivity index (χ1v) is 14.1. The lowest BCUT2D eigenvalue weighted by Gasteiger charge is -2.37. The van der Waals surface area contributed by atoms with Gasteiger partial charge < -0.3 is 20.3 Å². The third-order valence-electron chi connectivity index (χ3n) is 6.87. The fraction of sp³-hybridized carbons (Fsp3) is 0.531. The summed E-state index contributed by atoms with van der Waals surface area (Å²) in [5, 5.41) is 5.90. The van der Waals surface area contributed by atoms with Gasteiger partial charge in [-0.25, -0.2) is 4.79 Å². The van der Waals surface area contributed by atoms with Gasteiger partial charge in [0.15, 0.2) is 0 Å². The molecule has 0 aliphatic heterocycles. The Balaban J connectivity index is 2.54. The maximum atomic E-state index is 14.3. The molecule has 0 radical (unpaired) electrons. The van der Waals surface area contributed by atoms with Gasteiger partial charge in [-0.3, -0.25) is 9.59 Å². The maximum absolute atomic E-state index is 14.3. The Morgan fingerprint density at radius 2 is 1.56 bits per heavy atom. The molecule has 0 fully saturated rings. The van der Waals surface area contributed by atoms with Gasteiger partial charge >= 0.3 is 6.09 Å². The predicted molar refractivity (Wildman–Crippen MR) is 156 cm³/mol. The van der Waals surface area contributed by atoms with Gasteiger partial charge in [0.1, 0.15) is 17.7 Å². The van der Waals surface area contributed by atoms with Crippen molar-refractivity contribution in [1.82, 2.24) is 15.5 Å². The SMILES string of the molecule is CCCCN(C(=O)C(NC(=O)OC(C)(C)C)C(C)CC)C(C(=O)NCc1ccccc1)c1c(C)cccc1C. The second-order valence-corrected chi connectivity index (χ2v) is 11.3. The number of benzene rings is 2. The molecule has 3 amide bonds. The highest BCUT2D eigenvalue weighted by Gasteiger charge is 2.38. The molecule has 3 unspecified atom stereocenters. The van der Waals surface area contributed by atoms with E-state index in [1.165, 1.54) is 0 Å². The summed E-state index contributed by atoms with van der Waals surface area (Å²) in [6, 6.07) is 13.9. The maximum Gasteiger partial charge on any atom is 0.408 e. The first kappa shape index (κ1) is 31.9. The summed E-state index contributed by atoms with van der Waals surface area (Å²) in [5.41, 5.74) is 2.95. The van der Waals surface area contributed by atoms with Crippen LogP contribution in [0.15, 0.2) is 48.5 Å². The van der Waals surface area contributed by atoms with E-state index in [4.69, 9.17) is 4.74 Å². The number of hydrogen-bond acceptors (Lipinski definition) is 4. The van der Waals surface area contributed by atoms with Crippen LogP contribution < -0.4 is 10.6 Å². The van der Waals surface area contributed by atoms with Crippen LogP contribution in [0, 0.1) is 19.8 Å². The average Bonchev–Trinajstić information content (AvgIpc) is 2.88. The highest BCUT2D eigenvalue weighted by atomic mass is 16.6. The van der Waals surface area contributed by atoms with Gasteiger partial charge in [0.25, 0.3) is 0 Å². The average molecular weight is 538 g/mol. The third-order valence-corrected chi connectivity index (χ3v) is 6.87. The van der Waals surface area contributed by atoms with Crippen molar-refractivity contribution in [2.24, 2.45) is 5.92 Å². The molecule has 214 valence electrons. The summed E-state index contributed by atoms with van der Waals surface area (Å²) >= 11 is 0. The molecule has 0 saturated carbocycles. The number of rotatable bonds is 12. The number of hydrogen-bond donors (Lipinski definition) is 2. The number of unbranched alkanes of at least 4 members (excludes halogenated alkanes) is 1. The summed E-state index contributed by atoms with van der Waals surface area (Å²) in [7, 11) is 0. The molecule has 7 nitrogen and oxygen atoms in total. The van der Waals surface area contributed by atoms with E-state index in [-0.39, 0.29) is 17.7 Å². The standard InChI is InChI=1S/C32H47N3O4/c1-9-11-20-35(30(37)27(22(3)10-2)34-31(38)39-32(6,7)8)28(26-23(4)16-15-17-24(26)5)29(36)33-21-25-18-13-12-14-19-25/h12-19,22,27-28H,9-11,20-21H2,1-8H3,(H,33,36)(H,34,38). The van der Waals surface area contributed by atoms with E-state index in [1.807, 2.05) is 76.2 Å². The van der Waals surface area contributed by atoms with E-state index in [1.54, 1.807) is 25.7 Å². The lowest BCUT2D eigenvalue weighted by molar-refractivity contribution is -0.143. The van der Waals surface area contributed by atoms with Crippen molar-refractivity contribution >= 4 is 17.9 Å². The molecule has 0 aliphatic carbocycles. The van der Waals surface area contributed by atoms with Crippen LogP contribution in [0.5, 0.6) is 0 Å². The number of ether oxygens (including phenoxy) is 1. The molecule has 2 rings (SSSR count). The van der Waals surface area contributed by atoms with Crippen LogP contribution in [0.1, 0.15) is 89.1 Å². The number of alkyl carbamates (subject to hydrolysis) is 1. The van der Waals surface area contributed by atoms with E-state index < -0.39 is 23.8 Å². The van der Waals surface area contributed by atoms with Crippen molar-refractivity contribution < 1.29 is 19.1 Å². The molecule has 2 aromatic rings. The van der Waals surface area contributed by atoms with Crippen molar-refractivity contribution in [3.63, 3.8) is 0 Å². The summed E-state index contributed by atoms with van der Waals surface area (Å²) in [5.74, 6) is -0.702. The minimum atomic E-state index is -0.846. The number of amides is 3. The van der Waals surface area contributed by atoms with E-state index in [0.717, 1.165) is 35.1 Å². The first-order valence-electron chi connectivity index (χ1n) is 14.1. The van der Waals surface area contributed by atoms with Crippen molar-refractivity contribution in [3.8, 4) is 0 Å². The number of carbonyl (C=O) groups is 3. The molecular weight excluding hydrogens is 490 g/mol. The van der Waals surface area contributed by atoms with Crippen LogP contribution in [-0.4, -0.2) is 41.0 Å². The second-order valence-electron chi connectivity index (χ2n) is 11.3. The van der Waals surface area contributed by atoms with E-state index in [9.17, 15) is 14.4 Å². The Kier molecular flexibility index (Phi) is 12.0. The molecule has 0 heterocycles. The Bertz CT molecular complexity index is 1070. The van der Waals surface area contributed by atoms with Crippen LogP contribution in [-0.2, 0) is 20.9 Å². The summed E-state index contributed by atoms with van der Waals surface area (Å²) < 4.78 is 5.49. The lowest BCUT2D eigenvalue weighted by Crippen LogP contribution is -2.55. The zero-order valence-electron chi connectivity index (χ0n) is 25.0. The Hall–Kier alpha value is -3.35. The largest absolute Gasteiger partial charge is 0.444 e. The predicted octanol–water partition coefficient (Wildman–Crippen LogP) is 6.23. The first-order chi connectivity index (χ1) is 18.4. The normalized spacial score (nSPS) is 13.6. The van der Waals surface area contributed by atoms with E-state index >= 15 is 0 Å². The van der Waals surface area contributed by atoms with E-state index in [2.05, 4.69) is 17.6 Å². The fourth-order valence-electron chi connectivity index (χ4n) is 4.56. The molecule has 0 spiro atoms. The Morgan fingerprint density at radius 1 is 0.949 bits per heavy atom. The molecule has 2 aromatic carbocycles. The molecule has 39 heavy (non-hydrogen) atoms. The summed E-state index contributed by atoms with van der Waals surface area (Å²) in [4.78, 5) is 42.8. The second kappa shape index (κ2) is 14.7. The molecule has 0 saturated heterocycles. The zero-order valence-corrected chi connectivity index (χ0v) is 25.0. The van der Waals surface area contributed by atoms with E-state index in [0.29, 0.717) is 19.5 Å². The van der Waals surface area contributed by atoms with Crippen molar-refractivity contribution in [2.75, 3.05) is 6.54 Å². The van der Waals surface area contributed by atoms with Gasteiger partial charge in [-0.15, -0.1) is 0 Å². The number of nitrogens with one attached hydrogen (secondary N) is 2. The van der Waals surface area contributed by atoms with Crippen LogP contribution in [0.25, 0.3) is 0 Å². The number of nitrogens with zero attached hydrogens (tertiary/aromatic N) is 1. The highest BCUT2D eigenvalue weighted by molar-refractivity contribution is 5.92. The minimum absolute atomic E-state index is 0.167. The molecule has 3 atom stereocenters. The van der Waals surface area contributed by atoms with Gasteiger partial charge in [-0.05, 0) is 69.2 Å². The van der Waals surface area contributed by atoms with Crippen molar-refractivity contribution in [3.05, 3.63) is 70.8 Å². The van der Waals surface area contributed by atoms with Gasteiger partial charge in [0.2, 0.25) is 11.8 Å². The Morgan fingerprint density at radius 3 is 2.10 bits per heavy atom. The molecular formula is C32H47N3O4. The topological polar surface area (TPSA) is 87.7 Å². The molecule has 0 aliphatic rings. The third kappa shape index (κ3) is 9.41. The molecule has 2 N–H and O–H groups in total. The molecule has 0 aromatic heterocycles. The van der Waals surface area contributed by atoms with Crippen molar-refractivity contribution in [2.45, 2.75) is 98.9 Å². The Labute approximate surface area is 234 Å². The fourth-order valence-corrected chi connectivity index (χ4v) is 4.56. The van der Waals surface area contributed by atoms with Gasteiger partial charge in [-0.1, -0.05) is 82.1 Å².